The summed E-state index contributed by atoms with van der Waals surface area (Å²) in [4.78, 5) is 23.0. The Labute approximate surface area is 157 Å². The van der Waals surface area contributed by atoms with Crippen molar-refractivity contribution in [2.75, 3.05) is 13.1 Å². The molecule has 136 valence electrons. The number of hydrogen-bond donors (Lipinski definition) is 0. The molecule has 1 aromatic carbocycles. The minimum atomic E-state index is -0.0291. The Morgan fingerprint density at radius 1 is 1.15 bits per heavy atom. The molecule has 1 amide bonds. The fourth-order valence-corrected chi connectivity index (χ4v) is 3.48. The van der Waals surface area contributed by atoms with Crippen LogP contribution in [0.3, 0.4) is 0 Å². The van der Waals surface area contributed by atoms with Gasteiger partial charge in [-0.2, -0.15) is 4.98 Å². The lowest BCUT2D eigenvalue weighted by Crippen LogP contribution is -2.27. The van der Waals surface area contributed by atoms with Gasteiger partial charge in [0.15, 0.2) is 5.82 Å². The summed E-state index contributed by atoms with van der Waals surface area (Å²) in [6.07, 6.45) is 6.82. The number of hydrogen-bond acceptors (Lipinski definition) is 5. The summed E-state index contributed by atoms with van der Waals surface area (Å²) in [5.74, 6) is 1.29. The third-order valence-corrected chi connectivity index (χ3v) is 4.82. The summed E-state index contributed by atoms with van der Waals surface area (Å²) in [7, 11) is 0. The number of nitrogens with zero attached hydrogens (tertiary/aromatic N) is 4. The van der Waals surface area contributed by atoms with E-state index in [0.717, 1.165) is 5.56 Å². The molecule has 1 aliphatic heterocycles. The predicted octanol–water partition coefficient (Wildman–Crippen LogP) is 3.20. The highest BCUT2D eigenvalue weighted by molar-refractivity contribution is 5.92. The van der Waals surface area contributed by atoms with Crippen molar-refractivity contribution in [3.8, 4) is 0 Å². The van der Waals surface area contributed by atoms with Gasteiger partial charge >= 0.3 is 0 Å². The standard InChI is InChI=1S/C21H20N4O2/c1-15-23-21(27-24-15)19-14-25(13-18(19)17-7-3-2-4-8-17)20(26)10-9-16-6-5-11-22-12-16/h2-12,18-19H,13-14H2,1H3/b10-9-. The molecule has 3 aromatic rings. The van der Waals surface area contributed by atoms with Crippen molar-refractivity contribution in [2.45, 2.75) is 18.8 Å². The van der Waals surface area contributed by atoms with Gasteiger partial charge in [-0.15, -0.1) is 0 Å². The Bertz CT molecular complexity index is 937. The monoisotopic (exact) mass is 360 g/mol. The number of carbonyl (C=O) groups is 1. The molecule has 1 saturated heterocycles. The Balaban J connectivity index is 1.56. The number of rotatable bonds is 4. The fourth-order valence-electron chi connectivity index (χ4n) is 3.48. The normalized spacial score (nSPS) is 19.7. The first kappa shape index (κ1) is 17.1. The number of aromatic nitrogens is 3. The SMILES string of the molecule is Cc1noc(C2CN(C(=O)/C=C\c3cccnc3)CC2c2ccccc2)n1. The minimum absolute atomic E-state index is 0.00987. The topological polar surface area (TPSA) is 72.1 Å². The van der Waals surface area contributed by atoms with Gasteiger partial charge in [-0.3, -0.25) is 9.78 Å². The van der Waals surface area contributed by atoms with Crippen LogP contribution in [0.25, 0.3) is 6.08 Å². The minimum Gasteiger partial charge on any atom is -0.339 e. The van der Waals surface area contributed by atoms with E-state index in [1.165, 1.54) is 5.56 Å². The molecule has 1 aliphatic rings. The van der Waals surface area contributed by atoms with E-state index < -0.39 is 0 Å². The number of likely N-dealkylation sites (tertiary alicyclic amines) is 1. The summed E-state index contributed by atoms with van der Waals surface area (Å²) in [5, 5.41) is 3.92. The number of amides is 1. The second-order valence-electron chi connectivity index (χ2n) is 6.67. The summed E-state index contributed by atoms with van der Waals surface area (Å²) >= 11 is 0. The van der Waals surface area contributed by atoms with Crippen LogP contribution in [-0.2, 0) is 4.79 Å². The fraction of sp³-hybridized carbons (Fsp3) is 0.238. The van der Waals surface area contributed by atoms with E-state index in [9.17, 15) is 4.79 Å². The van der Waals surface area contributed by atoms with Crippen molar-refractivity contribution in [2.24, 2.45) is 0 Å². The Hall–Kier alpha value is -3.28. The van der Waals surface area contributed by atoms with Crippen molar-refractivity contribution < 1.29 is 9.32 Å². The lowest BCUT2D eigenvalue weighted by atomic mass is 9.89. The molecule has 0 bridgehead atoms. The maximum Gasteiger partial charge on any atom is 0.246 e. The summed E-state index contributed by atoms with van der Waals surface area (Å²) in [6.45, 7) is 2.97. The van der Waals surface area contributed by atoms with Gasteiger partial charge in [-0.1, -0.05) is 41.6 Å². The Morgan fingerprint density at radius 2 is 1.96 bits per heavy atom. The highest BCUT2D eigenvalue weighted by Gasteiger charge is 2.39. The van der Waals surface area contributed by atoms with Crippen molar-refractivity contribution in [3.05, 3.63) is 83.8 Å². The third kappa shape index (κ3) is 3.79. The van der Waals surface area contributed by atoms with Gasteiger partial charge in [0.05, 0.1) is 5.92 Å². The van der Waals surface area contributed by atoms with Crippen molar-refractivity contribution in [3.63, 3.8) is 0 Å². The van der Waals surface area contributed by atoms with Gasteiger partial charge < -0.3 is 9.42 Å². The van der Waals surface area contributed by atoms with Crippen LogP contribution >= 0.6 is 0 Å². The van der Waals surface area contributed by atoms with Crippen LogP contribution in [0.2, 0.25) is 0 Å². The molecule has 0 spiro atoms. The zero-order valence-electron chi connectivity index (χ0n) is 15.0. The molecule has 2 unspecified atom stereocenters. The molecule has 1 fully saturated rings. The van der Waals surface area contributed by atoms with E-state index >= 15 is 0 Å². The molecular weight excluding hydrogens is 340 g/mol. The summed E-state index contributed by atoms with van der Waals surface area (Å²) in [6, 6.07) is 13.9. The third-order valence-electron chi connectivity index (χ3n) is 4.82. The zero-order chi connectivity index (χ0) is 18.6. The number of benzene rings is 1. The average Bonchev–Trinajstić information content (AvgIpc) is 3.34. The highest BCUT2D eigenvalue weighted by atomic mass is 16.5. The van der Waals surface area contributed by atoms with E-state index in [0.29, 0.717) is 24.8 Å². The maximum atomic E-state index is 12.7. The first-order valence-corrected chi connectivity index (χ1v) is 8.93. The molecule has 0 N–H and O–H groups in total. The molecular formula is C21H20N4O2. The first-order valence-electron chi connectivity index (χ1n) is 8.93. The predicted molar refractivity (Wildman–Crippen MR) is 101 cm³/mol. The van der Waals surface area contributed by atoms with Gasteiger partial charge in [-0.25, -0.2) is 0 Å². The number of pyridine rings is 1. The van der Waals surface area contributed by atoms with Gasteiger partial charge in [0.2, 0.25) is 11.8 Å². The molecule has 2 aromatic heterocycles. The van der Waals surface area contributed by atoms with Crippen LogP contribution < -0.4 is 0 Å². The highest BCUT2D eigenvalue weighted by Crippen LogP contribution is 2.39. The first-order chi connectivity index (χ1) is 13.2. The molecule has 3 heterocycles. The van der Waals surface area contributed by atoms with E-state index in [-0.39, 0.29) is 17.7 Å². The molecule has 6 nitrogen and oxygen atoms in total. The van der Waals surface area contributed by atoms with Crippen LogP contribution in [0.1, 0.15) is 34.7 Å². The summed E-state index contributed by atoms with van der Waals surface area (Å²) in [5.41, 5.74) is 2.07. The van der Waals surface area contributed by atoms with Gasteiger partial charge in [-0.05, 0) is 30.2 Å². The van der Waals surface area contributed by atoms with Crippen molar-refractivity contribution in [1.29, 1.82) is 0 Å². The van der Waals surface area contributed by atoms with Crippen LogP contribution in [-0.4, -0.2) is 39.0 Å². The molecule has 0 aliphatic carbocycles. The molecule has 4 rings (SSSR count). The van der Waals surface area contributed by atoms with Crippen molar-refractivity contribution in [1.82, 2.24) is 20.0 Å². The second kappa shape index (κ2) is 7.53. The van der Waals surface area contributed by atoms with Crippen LogP contribution in [0, 0.1) is 6.92 Å². The number of carbonyl (C=O) groups excluding carboxylic acids is 1. The van der Waals surface area contributed by atoms with Crippen LogP contribution in [0.4, 0.5) is 0 Å². The molecule has 2 atom stereocenters. The van der Waals surface area contributed by atoms with Gasteiger partial charge in [0.25, 0.3) is 0 Å². The van der Waals surface area contributed by atoms with E-state index in [1.807, 2.05) is 35.2 Å². The molecule has 0 radical (unpaired) electrons. The Kier molecular flexibility index (Phi) is 4.78. The van der Waals surface area contributed by atoms with Gasteiger partial charge in [0.1, 0.15) is 0 Å². The number of aryl methyl sites for hydroxylation is 1. The smallest absolute Gasteiger partial charge is 0.246 e. The van der Waals surface area contributed by atoms with E-state index in [4.69, 9.17) is 4.52 Å². The molecule has 27 heavy (non-hydrogen) atoms. The maximum absolute atomic E-state index is 12.7. The van der Waals surface area contributed by atoms with E-state index in [1.54, 1.807) is 31.5 Å². The van der Waals surface area contributed by atoms with Crippen LogP contribution in [0.5, 0.6) is 0 Å². The largest absolute Gasteiger partial charge is 0.339 e. The quantitative estimate of drug-likeness (QED) is 0.668. The zero-order valence-corrected chi connectivity index (χ0v) is 15.0. The lowest BCUT2D eigenvalue weighted by molar-refractivity contribution is -0.125. The van der Waals surface area contributed by atoms with Gasteiger partial charge in [0, 0.05) is 37.5 Å². The van der Waals surface area contributed by atoms with Crippen LogP contribution in [0.15, 0.2) is 65.5 Å². The van der Waals surface area contributed by atoms with E-state index in [2.05, 4.69) is 27.3 Å². The Morgan fingerprint density at radius 3 is 2.67 bits per heavy atom. The molecule has 0 saturated carbocycles. The average molecular weight is 360 g/mol. The second-order valence-corrected chi connectivity index (χ2v) is 6.67. The lowest BCUT2D eigenvalue weighted by Gasteiger charge is -2.15. The molecule has 6 heteroatoms. The van der Waals surface area contributed by atoms with Crippen molar-refractivity contribution >= 4 is 12.0 Å². The summed E-state index contributed by atoms with van der Waals surface area (Å²) < 4.78 is 5.43.